The zero-order valence-corrected chi connectivity index (χ0v) is 18.8. The quantitative estimate of drug-likeness (QED) is 0.338. The number of hydrogen-bond donors (Lipinski definition) is 1. The lowest BCUT2D eigenvalue weighted by Crippen LogP contribution is -2.13. The van der Waals surface area contributed by atoms with Gasteiger partial charge in [0.2, 0.25) is 0 Å². The molecule has 0 spiro atoms. The lowest BCUT2D eigenvalue weighted by molar-refractivity contribution is 0.155. The number of nitrogens with one attached hydrogen (secondary N) is 1. The maximum atomic E-state index is 12.1. The summed E-state index contributed by atoms with van der Waals surface area (Å²) >= 11 is 6.08. The fourth-order valence-electron chi connectivity index (χ4n) is 3.18. The van der Waals surface area contributed by atoms with Crippen LogP contribution in [0.4, 0.5) is 10.5 Å². The van der Waals surface area contributed by atoms with Crippen molar-refractivity contribution in [2.24, 2.45) is 0 Å². The Hall–Kier alpha value is -3.97. The monoisotopic (exact) mass is 464 g/mol. The van der Waals surface area contributed by atoms with Crippen molar-refractivity contribution in [2.75, 3.05) is 19.5 Å². The average Bonchev–Trinajstić information content (AvgIpc) is 2.84. The Kier molecular flexibility index (Phi) is 6.80. The molecule has 0 fully saturated rings. The molecule has 8 heteroatoms. The smallest absolute Gasteiger partial charge is 0.411 e. The molecule has 4 rings (SSSR count). The summed E-state index contributed by atoms with van der Waals surface area (Å²) in [5, 5.41) is 4.01. The van der Waals surface area contributed by atoms with E-state index in [9.17, 15) is 4.79 Å². The van der Waals surface area contributed by atoms with Crippen molar-refractivity contribution >= 4 is 34.3 Å². The van der Waals surface area contributed by atoms with Gasteiger partial charge < -0.3 is 18.9 Å². The molecule has 3 aromatic carbocycles. The first kappa shape index (κ1) is 22.2. The van der Waals surface area contributed by atoms with Crippen molar-refractivity contribution in [3.63, 3.8) is 0 Å². The predicted molar refractivity (Wildman–Crippen MR) is 127 cm³/mol. The predicted octanol–water partition coefficient (Wildman–Crippen LogP) is 6.45. The van der Waals surface area contributed by atoms with E-state index in [0.29, 0.717) is 39.2 Å². The van der Waals surface area contributed by atoms with Crippen molar-refractivity contribution in [3.8, 4) is 23.0 Å². The number of carbonyl (C=O) groups excluding carboxylic acids is 1. The largest absolute Gasteiger partial charge is 0.493 e. The molecule has 0 atom stereocenters. The van der Waals surface area contributed by atoms with Crippen LogP contribution in [0.3, 0.4) is 0 Å². The Morgan fingerprint density at radius 3 is 2.39 bits per heavy atom. The summed E-state index contributed by atoms with van der Waals surface area (Å²) in [5.74, 6) is 2.37. The summed E-state index contributed by atoms with van der Waals surface area (Å²) in [6.45, 7) is 0.0794. The third kappa shape index (κ3) is 5.27. The number of anilines is 1. The number of ether oxygens (including phenoxy) is 4. The van der Waals surface area contributed by atoms with Gasteiger partial charge in [-0.05, 0) is 42.5 Å². The molecule has 0 aliphatic carbocycles. The molecule has 0 unspecified atom stereocenters. The van der Waals surface area contributed by atoms with Crippen LogP contribution < -0.4 is 19.5 Å². The number of aromatic nitrogens is 1. The molecule has 0 bridgehead atoms. The fraction of sp³-hybridized carbons (Fsp3) is 0.120. The van der Waals surface area contributed by atoms with Crippen LogP contribution in [0.5, 0.6) is 23.0 Å². The first-order valence-electron chi connectivity index (χ1n) is 10.0. The van der Waals surface area contributed by atoms with E-state index in [1.807, 2.05) is 18.2 Å². The van der Waals surface area contributed by atoms with Crippen molar-refractivity contribution in [2.45, 2.75) is 6.61 Å². The van der Waals surface area contributed by atoms with Crippen LogP contribution in [0, 0.1) is 0 Å². The zero-order chi connectivity index (χ0) is 23.2. The highest BCUT2D eigenvalue weighted by atomic mass is 35.5. The Bertz CT molecular complexity index is 1280. The molecule has 0 aliphatic rings. The zero-order valence-electron chi connectivity index (χ0n) is 18.0. The van der Waals surface area contributed by atoms with Crippen molar-refractivity contribution < 1.29 is 23.7 Å². The first-order chi connectivity index (χ1) is 16.1. The van der Waals surface area contributed by atoms with Gasteiger partial charge in [-0.1, -0.05) is 29.8 Å². The van der Waals surface area contributed by atoms with Gasteiger partial charge in [-0.2, -0.15) is 0 Å². The van der Waals surface area contributed by atoms with E-state index >= 15 is 0 Å². The van der Waals surface area contributed by atoms with Gasteiger partial charge in [0.05, 0.1) is 19.7 Å². The van der Waals surface area contributed by atoms with Crippen LogP contribution in [-0.2, 0) is 11.3 Å². The number of carbonyl (C=O) groups is 1. The molecule has 168 valence electrons. The highest BCUT2D eigenvalue weighted by molar-refractivity contribution is 6.31. The number of hydrogen-bond acceptors (Lipinski definition) is 6. The molecule has 1 heterocycles. The normalized spacial score (nSPS) is 10.5. The van der Waals surface area contributed by atoms with E-state index in [1.165, 1.54) is 0 Å². The van der Waals surface area contributed by atoms with Gasteiger partial charge in [0.1, 0.15) is 18.1 Å². The van der Waals surface area contributed by atoms with Crippen molar-refractivity contribution in [1.82, 2.24) is 4.98 Å². The molecule has 1 amide bonds. The molecule has 1 aromatic heterocycles. The molecule has 33 heavy (non-hydrogen) atoms. The van der Waals surface area contributed by atoms with Crippen LogP contribution >= 0.6 is 11.6 Å². The second kappa shape index (κ2) is 10.1. The Labute approximate surface area is 195 Å². The minimum absolute atomic E-state index is 0.0794. The number of pyridine rings is 1. The number of halogens is 1. The second-order valence-corrected chi connectivity index (χ2v) is 7.36. The standard InChI is InChI=1S/C25H21ClN2O5/c1-30-23-13-19-21(14-24(23)31-2)27-12-11-22(19)33-18-9-7-17(8-10-18)28-25(29)32-15-16-5-3-4-6-20(16)26/h3-14H,15H2,1-2H3,(H,28,29). The minimum Gasteiger partial charge on any atom is -0.493 e. The molecule has 0 radical (unpaired) electrons. The maximum absolute atomic E-state index is 12.1. The highest BCUT2D eigenvalue weighted by Crippen LogP contribution is 2.37. The number of methoxy groups -OCH3 is 2. The van der Waals surface area contributed by atoms with E-state index < -0.39 is 6.09 Å². The number of benzene rings is 3. The lowest BCUT2D eigenvalue weighted by atomic mass is 10.2. The third-order valence-corrected chi connectivity index (χ3v) is 5.22. The average molecular weight is 465 g/mol. The molecular formula is C25H21ClN2O5. The summed E-state index contributed by atoms with van der Waals surface area (Å²) in [6.07, 6.45) is 1.08. The Balaban J connectivity index is 1.43. The molecular weight excluding hydrogens is 444 g/mol. The van der Waals surface area contributed by atoms with E-state index in [0.717, 1.165) is 10.9 Å². The second-order valence-electron chi connectivity index (χ2n) is 6.95. The van der Waals surface area contributed by atoms with Crippen LogP contribution in [-0.4, -0.2) is 25.3 Å². The topological polar surface area (TPSA) is 78.9 Å². The molecule has 1 N–H and O–H groups in total. The number of amides is 1. The summed E-state index contributed by atoms with van der Waals surface area (Å²) < 4.78 is 22.0. The first-order valence-corrected chi connectivity index (χ1v) is 10.4. The molecule has 0 saturated carbocycles. The SMILES string of the molecule is COc1cc2nccc(Oc3ccc(NC(=O)OCc4ccccc4Cl)cc3)c2cc1OC. The van der Waals surface area contributed by atoms with Crippen LogP contribution in [0.2, 0.25) is 5.02 Å². The van der Waals surface area contributed by atoms with Gasteiger partial charge in [-0.3, -0.25) is 10.3 Å². The summed E-state index contributed by atoms with van der Waals surface area (Å²) in [5.41, 5.74) is 2.01. The number of rotatable bonds is 7. The minimum atomic E-state index is -0.579. The van der Waals surface area contributed by atoms with Crippen LogP contribution in [0.15, 0.2) is 72.9 Å². The van der Waals surface area contributed by atoms with Gasteiger partial charge in [-0.25, -0.2) is 4.79 Å². The van der Waals surface area contributed by atoms with E-state index in [4.69, 9.17) is 30.5 Å². The van der Waals surface area contributed by atoms with E-state index in [1.54, 1.807) is 68.9 Å². The van der Waals surface area contributed by atoms with Gasteiger partial charge in [0, 0.05) is 33.9 Å². The van der Waals surface area contributed by atoms with Crippen molar-refractivity contribution in [1.29, 1.82) is 0 Å². The molecule has 7 nitrogen and oxygen atoms in total. The van der Waals surface area contributed by atoms with Gasteiger partial charge in [0.25, 0.3) is 0 Å². The Morgan fingerprint density at radius 1 is 0.939 bits per heavy atom. The van der Waals surface area contributed by atoms with Crippen molar-refractivity contribution in [3.05, 3.63) is 83.5 Å². The third-order valence-electron chi connectivity index (χ3n) is 4.85. The lowest BCUT2D eigenvalue weighted by Gasteiger charge is -2.13. The fourth-order valence-corrected chi connectivity index (χ4v) is 3.37. The van der Waals surface area contributed by atoms with Gasteiger partial charge in [0.15, 0.2) is 11.5 Å². The Morgan fingerprint density at radius 2 is 1.67 bits per heavy atom. The van der Waals surface area contributed by atoms with Gasteiger partial charge >= 0.3 is 6.09 Å². The van der Waals surface area contributed by atoms with E-state index in [2.05, 4.69) is 10.3 Å². The molecule has 0 saturated heterocycles. The summed E-state index contributed by atoms with van der Waals surface area (Å²) in [7, 11) is 3.15. The van der Waals surface area contributed by atoms with Gasteiger partial charge in [-0.15, -0.1) is 0 Å². The number of fused-ring (bicyclic) bond motifs is 1. The highest BCUT2D eigenvalue weighted by Gasteiger charge is 2.12. The molecule has 4 aromatic rings. The number of nitrogens with zero attached hydrogens (tertiary/aromatic N) is 1. The summed E-state index contributed by atoms with van der Waals surface area (Å²) in [6, 6.07) is 19.5. The summed E-state index contributed by atoms with van der Waals surface area (Å²) in [4.78, 5) is 16.5. The molecule has 0 aliphatic heterocycles. The maximum Gasteiger partial charge on any atom is 0.411 e. The van der Waals surface area contributed by atoms with Crippen LogP contribution in [0.25, 0.3) is 10.9 Å². The van der Waals surface area contributed by atoms with Crippen LogP contribution in [0.1, 0.15) is 5.56 Å². The van der Waals surface area contributed by atoms with E-state index in [-0.39, 0.29) is 6.61 Å².